The van der Waals surface area contributed by atoms with Crippen LogP contribution in [0.25, 0.3) is 0 Å². The molecule has 3 nitrogen and oxygen atoms in total. The topological polar surface area (TPSA) is 43.4 Å². The first kappa shape index (κ1) is 24.9. The second-order valence-corrected chi connectivity index (χ2v) is 11.1. The molecule has 0 fully saturated rings. The fourth-order valence-electron chi connectivity index (χ4n) is 4.15. The van der Waals surface area contributed by atoms with Crippen LogP contribution in [-0.2, 0) is 9.53 Å². The lowest BCUT2D eigenvalue weighted by Crippen LogP contribution is -2.35. The number of hydrogen-bond acceptors (Lipinski definition) is 3. The average Bonchev–Trinajstić information content (AvgIpc) is 2.84. The van der Waals surface area contributed by atoms with Gasteiger partial charge >= 0.3 is 5.97 Å². The van der Waals surface area contributed by atoms with E-state index in [9.17, 15) is 9.59 Å². The van der Waals surface area contributed by atoms with Gasteiger partial charge in [-0.25, -0.2) is 4.79 Å². The van der Waals surface area contributed by atoms with Gasteiger partial charge in [0.05, 0.1) is 5.56 Å². The minimum Gasteiger partial charge on any atom is -0.458 e. The molecule has 0 amide bonds. The van der Waals surface area contributed by atoms with Gasteiger partial charge < -0.3 is 9.53 Å². The van der Waals surface area contributed by atoms with Gasteiger partial charge in [0, 0.05) is 6.42 Å². The molecule has 0 saturated carbocycles. The Hall–Kier alpha value is -2.77. The first-order valence-corrected chi connectivity index (χ1v) is 12.9. The minimum atomic E-state index is -0.920. The van der Waals surface area contributed by atoms with Crippen LogP contribution in [0.15, 0.2) is 84.9 Å². The highest BCUT2D eigenvalue weighted by molar-refractivity contribution is 7.80. The monoisotopic (exact) mass is 460 g/mol. The van der Waals surface area contributed by atoms with E-state index in [4.69, 9.17) is 4.74 Å². The molecule has 3 aromatic carbocycles. The summed E-state index contributed by atoms with van der Waals surface area (Å²) in [6.07, 6.45) is 1.15. The van der Waals surface area contributed by atoms with Crippen molar-refractivity contribution < 1.29 is 14.3 Å². The number of hydrogen-bond donors (Lipinski definition) is 0. The molecule has 172 valence electrons. The molecule has 3 aromatic rings. The molecule has 0 saturated heterocycles. The zero-order valence-electron chi connectivity index (χ0n) is 19.8. The van der Waals surface area contributed by atoms with E-state index in [1.807, 2.05) is 67.6 Å². The summed E-state index contributed by atoms with van der Waals surface area (Å²) in [5, 5.41) is 3.37. The molecule has 0 aliphatic carbocycles. The van der Waals surface area contributed by atoms with Gasteiger partial charge in [0.1, 0.15) is 12.4 Å². The lowest BCUT2D eigenvalue weighted by Gasteiger charge is -2.31. The number of carbonyl (C=O) groups is 2. The molecule has 0 aromatic heterocycles. The van der Waals surface area contributed by atoms with Crippen LogP contribution in [0.2, 0.25) is 0 Å². The van der Waals surface area contributed by atoms with Crippen LogP contribution in [0, 0.1) is 17.8 Å². The summed E-state index contributed by atoms with van der Waals surface area (Å²) in [5.74, 6) is 0.0727. The molecule has 0 aliphatic rings. The van der Waals surface area contributed by atoms with Crippen LogP contribution in [0.3, 0.4) is 0 Å². The van der Waals surface area contributed by atoms with Crippen molar-refractivity contribution >= 4 is 36.1 Å². The highest BCUT2D eigenvalue weighted by atomic mass is 31.1. The quantitative estimate of drug-likeness (QED) is 0.228. The maximum atomic E-state index is 13.6. The number of benzene rings is 3. The Morgan fingerprint density at radius 1 is 0.818 bits per heavy atom. The fourth-order valence-corrected chi connectivity index (χ4v) is 6.59. The van der Waals surface area contributed by atoms with Gasteiger partial charge in [-0.05, 0) is 47.7 Å². The zero-order valence-corrected chi connectivity index (χ0v) is 20.7. The molecule has 0 spiro atoms. The predicted molar refractivity (Wildman–Crippen MR) is 138 cm³/mol. The summed E-state index contributed by atoms with van der Waals surface area (Å²) in [6.45, 7) is 8.24. The number of aldehydes is 1. The van der Waals surface area contributed by atoms with Crippen LogP contribution in [0.5, 0.6) is 0 Å². The second-order valence-electron chi connectivity index (χ2n) is 8.88. The Kier molecular flexibility index (Phi) is 8.97. The van der Waals surface area contributed by atoms with E-state index < -0.39 is 7.92 Å². The third-order valence-corrected chi connectivity index (χ3v) is 8.68. The fraction of sp³-hybridized carbons (Fsp3) is 0.310. The molecule has 0 radical (unpaired) electrons. The maximum Gasteiger partial charge on any atom is 0.339 e. The third-order valence-electron chi connectivity index (χ3n) is 6.18. The van der Waals surface area contributed by atoms with Gasteiger partial charge in [-0.15, -0.1) is 0 Å². The van der Waals surface area contributed by atoms with Gasteiger partial charge in [-0.2, -0.15) is 0 Å². The van der Waals surface area contributed by atoms with Crippen LogP contribution in [0.4, 0.5) is 0 Å². The first-order chi connectivity index (χ1) is 15.9. The Balaban J connectivity index is 2.00. The molecule has 0 bridgehead atoms. The standard InChI is InChI=1S/C29H33O3P/c1-21(2)28(23(4)22(3)19-20-30)32-29(31)26-17-11-12-18-27(26)33(24-13-7-5-8-14-24)25-15-9-6-10-16-25/h5-18,20-23,28H,19H2,1-4H3/t22-,23+,28-/m1/s1. The summed E-state index contributed by atoms with van der Waals surface area (Å²) >= 11 is 0. The summed E-state index contributed by atoms with van der Waals surface area (Å²) < 4.78 is 6.15. The number of esters is 1. The van der Waals surface area contributed by atoms with Crippen molar-refractivity contribution in [3.63, 3.8) is 0 Å². The Labute approximate surface area is 198 Å². The van der Waals surface area contributed by atoms with Crippen LogP contribution in [0.1, 0.15) is 44.5 Å². The van der Waals surface area contributed by atoms with E-state index in [0.29, 0.717) is 12.0 Å². The molecule has 33 heavy (non-hydrogen) atoms. The van der Waals surface area contributed by atoms with Crippen LogP contribution < -0.4 is 15.9 Å². The van der Waals surface area contributed by atoms with E-state index in [2.05, 4.69) is 45.0 Å². The molecule has 3 atom stereocenters. The summed E-state index contributed by atoms with van der Waals surface area (Å²) in [5.41, 5.74) is 0.609. The summed E-state index contributed by atoms with van der Waals surface area (Å²) in [7, 11) is -0.920. The summed E-state index contributed by atoms with van der Waals surface area (Å²) in [4.78, 5) is 24.6. The van der Waals surface area contributed by atoms with Gasteiger partial charge in [-0.3, -0.25) is 0 Å². The van der Waals surface area contributed by atoms with Crippen molar-refractivity contribution in [1.29, 1.82) is 0 Å². The molecule has 0 heterocycles. The van der Waals surface area contributed by atoms with E-state index in [-0.39, 0.29) is 29.8 Å². The largest absolute Gasteiger partial charge is 0.458 e. The van der Waals surface area contributed by atoms with Crippen LogP contribution >= 0.6 is 7.92 Å². The van der Waals surface area contributed by atoms with E-state index in [1.165, 1.54) is 10.6 Å². The number of ether oxygens (including phenoxy) is 1. The van der Waals surface area contributed by atoms with E-state index >= 15 is 0 Å². The number of rotatable bonds is 10. The lowest BCUT2D eigenvalue weighted by atomic mass is 9.83. The van der Waals surface area contributed by atoms with Crippen molar-refractivity contribution in [2.24, 2.45) is 17.8 Å². The van der Waals surface area contributed by atoms with Crippen molar-refractivity contribution in [3.05, 3.63) is 90.5 Å². The molecule has 0 N–H and O–H groups in total. The molecular formula is C29H33O3P. The van der Waals surface area contributed by atoms with Crippen molar-refractivity contribution in [1.82, 2.24) is 0 Å². The Morgan fingerprint density at radius 3 is 1.85 bits per heavy atom. The molecule has 4 heteroatoms. The zero-order chi connectivity index (χ0) is 23.8. The van der Waals surface area contributed by atoms with Gasteiger partial charge in [0.2, 0.25) is 0 Å². The van der Waals surface area contributed by atoms with Crippen molar-refractivity contribution in [3.8, 4) is 0 Å². The van der Waals surface area contributed by atoms with Gasteiger partial charge in [0.25, 0.3) is 0 Å². The Morgan fingerprint density at radius 2 is 1.33 bits per heavy atom. The normalized spacial score (nSPS) is 14.0. The van der Waals surface area contributed by atoms with E-state index in [1.54, 1.807) is 0 Å². The Bertz CT molecular complexity index is 994. The highest BCUT2D eigenvalue weighted by Gasteiger charge is 2.31. The molecule has 0 aliphatic heterocycles. The van der Waals surface area contributed by atoms with Gasteiger partial charge in [-0.1, -0.05) is 107 Å². The second kappa shape index (κ2) is 11.9. The molecule has 3 rings (SSSR count). The van der Waals surface area contributed by atoms with Crippen molar-refractivity contribution in [2.45, 2.75) is 40.2 Å². The molecule has 0 unspecified atom stereocenters. The first-order valence-electron chi connectivity index (χ1n) is 11.6. The minimum absolute atomic E-state index is 0.0797. The SMILES string of the molecule is CC(C)[C@@H](OC(=O)c1ccccc1P(c1ccccc1)c1ccccc1)[C@@H](C)[C@H](C)CC=O. The maximum absolute atomic E-state index is 13.6. The smallest absolute Gasteiger partial charge is 0.339 e. The van der Waals surface area contributed by atoms with Crippen molar-refractivity contribution in [2.75, 3.05) is 0 Å². The third kappa shape index (κ3) is 6.18. The highest BCUT2D eigenvalue weighted by Crippen LogP contribution is 2.35. The van der Waals surface area contributed by atoms with Gasteiger partial charge in [0.15, 0.2) is 0 Å². The molecular weight excluding hydrogens is 427 g/mol. The lowest BCUT2D eigenvalue weighted by molar-refractivity contribution is -0.109. The average molecular weight is 461 g/mol. The summed E-state index contributed by atoms with van der Waals surface area (Å²) in [6, 6.07) is 28.5. The predicted octanol–water partition coefficient (Wildman–Crippen LogP) is 5.49. The number of carbonyl (C=O) groups excluding carboxylic acids is 2. The van der Waals surface area contributed by atoms with E-state index in [0.717, 1.165) is 11.6 Å². The van der Waals surface area contributed by atoms with Crippen LogP contribution in [-0.4, -0.2) is 18.4 Å².